The van der Waals surface area contributed by atoms with Crippen molar-refractivity contribution >= 4 is 33.3 Å². The molecule has 35 heavy (non-hydrogen) atoms. The van der Waals surface area contributed by atoms with Crippen molar-refractivity contribution in [3.8, 4) is 0 Å². The predicted octanol–water partition coefficient (Wildman–Crippen LogP) is 4.99. The van der Waals surface area contributed by atoms with Crippen molar-refractivity contribution in [1.82, 2.24) is 0 Å². The number of rotatable bonds is 10. The van der Waals surface area contributed by atoms with Crippen LogP contribution in [0.3, 0.4) is 0 Å². The van der Waals surface area contributed by atoms with Crippen molar-refractivity contribution in [3.05, 3.63) is 103 Å². The number of carbonyl (C=O) groups excluding carboxylic acids is 2. The summed E-state index contributed by atoms with van der Waals surface area (Å²) < 4.78 is 33.0. The maximum Gasteiger partial charge on any atom is 0.338 e. The lowest BCUT2D eigenvalue weighted by Gasteiger charge is -2.23. The van der Waals surface area contributed by atoms with Crippen LogP contribution in [-0.2, 0) is 19.6 Å². The molecule has 0 spiro atoms. The van der Waals surface area contributed by atoms with Gasteiger partial charge in [-0.15, -0.1) is 6.58 Å². The Balaban J connectivity index is 1.73. The summed E-state index contributed by atoms with van der Waals surface area (Å²) in [6.45, 7) is 7.22. The van der Waals surface area contributed by atoms with Gasteiger partial charge in [0.05, 0.1) is 22.7 Å². The topological polar surface area (TPSA) is 92.8 Å². The Morgan fingerprint density at radius 2 is 1.69 bits per heavy atom. The van der Waals surface area contributed by atoms with Crippen LogP contribution in [0.4, 0.5) is 11.4 Å². The van der Waals surface area contributed by atoms with Crippen molar-refractivity contribution < 1.29 is 22.7 Å². The van der Waals surface area contributed by atoms with E-state index >= 15 is 0 Å². The second-order valence-electron chi connectivity index (χ2n) is 8.05. The molecule has 0 saturated heterocycles. The lowest BCUT2D eigenvalue weighted by molar-refractivity contribution is -0.119. The van der Waals surface area contributed by atoms with Crippen LogP contribution in [-0.4, -0.2) is 33.4 Å². The number of nitrogens with zero attached hydrogens (tertiary/aromatic N) is 1. The first kappa shape index (κ1) is 25.7. The average molecular weight is 493 g/mol. The average Bonchev–Trinajstić information content (AvgIpc) is 2.86. The number of esters is 1. The van der Waals surface area contributed by atoms with Crippen LogP contribution in [0.15, 0.2) is 96.4 Å². The Bertz CT molecular complexity index is 1300. The summed E-state index contributed by atoms with van der Waals surface area (Å²) in [5.74, 6) is -1.09. The molecular weight excluding hydrogens is 464 g/mol. The third-order valence-corrected chi connectivity index (χ3v) is 6.98. The van der Waals surface area contributed by atoms with Crippen molar-refractivity contribution in [3.63, 3.8) is 0 Å². The summed E-state index contributed by atoms with van der Waals surface area (Å²) in [4.78, 5) is 24.9. The van der Waals surface area contributed by atoms with Gasteiger partial charge < -0.3 is 10.1 Å². The molecule has 0 fully saturated rings. The van der Waals surface area contributed by atoms with E-state index in [1.807, 2.05) is 32.0 Å². The van der Waals surface area contributed by atoms with Crippen LogP contribution in [0, 0.1) is 0 Å². The van der Waals surface area contributed by atoms with E-state index in [9.17, 15) is 18.0 Å². The van der Waals surface area contributed by atoms with Crippen LogP contribution < -0.4 is 9.62 Å². The van der Waals surface area contributed by atoms with Gasteiger partial charge in [-0.3, -0.25) is 9.10 Å². The van der Waals surface area contributed by atoms with Gasteiger partial charge in [0.15, 0.2) is 6.61 Å². The zero-order valence-corrected chi connectivity index (χ0v) is 20.5. The molecule has 0 aliphatic rings. The van der Waals surface area contributed by atoms with E-state index in [1.54, 1.807) is 36.4 Å². The second-order valence-corrected chi connectivity index (χ2v) is 9.92. The van der Waals surface area contributed by atoms with E-state index in [1.165, 1.54) is 34.6 Å². The summed E-state index contributed by atoms with van der Waals surface area (Å²) >= 11 is 0. The van der Waals surface area contributed by atoms with E-state index in [0.717, 1.165) is 5.56 Å². The molecule has 0 heterocycles. The van der Waals surface area contributed by atoms with Gasteiger partial charge in [-0.2, -0.15) is 0 Å². The van der Waals surface area contributed by atoms with Crippen molar-refractivity contribution in [2.45, 2.75) is 24.7 Å². The summed E-state index contributed by atoms with van der Waals surface area (Å²) in [5.41, 5.74) is 2.11. The number of anilines is 2. The molecule has 0 unspecified atom stereocenters. The number of amides is 1. The van der Waals surface area contributed by atoms with Crippen molar-refractivity contribution in [2.75, 3.05) is 22.8 Å². The Hall–Kier alpha value is -3.91. The van der Waals surface area contributed by atoms with Gasteiger partial charge in [0.2, 0.25) is 0 Å². The molecule has 0 aromatic heterocycles. The molecule has 7 nitrogen and oxygen atoms in total. The molecule has 0 saturated carbocycles. The highest BCUT2D eigenvalue weighted by molar-refractivity contribution is 7.92. The number of carbonyl (C=O) groups is 2. The minimum Gasteiger partial charge on any atom is -0.452 e. The first-order chi connectivity index (χ1) is 16.7. The molecule has 8 heteroatoms. The first-order valence-electron chi connectivity index (χ1n) is 11.1. The number of hydrogen-bond donors (Lipinski definition) is 1. The van der Waals surface area contributed by atoms with Gasteiger partial charge in [0, 0.05) is 5.69 Å². The van der Waals surface area contributed by atoms with Gasteiger partial charge in [-0.05, 0) is 47.9 Å². The lowest BCUT2D eigenvalue weighted by Crippen LogP contribution is -2.31. The molecule has 0 atom stereocenters. The highest BCUT2D eigenvalue weighted by Gasteiger charge is 2.25. The van der Waals surface area contributed by atoms with Gasteiger partial charge in [0.25, 0.3) is 15.9 Å². The fourth-order valence-electron chi connectivity index (χ4n) is 3.48. The molecule has 0 aliphatic heterocycles. The zero-order valence-electron chi connectivity index (χ0n) is 19.7. The number of para-hydroxylation sites is 2. The van der Waals surface area contributed by atoms with Crippen LogP contribution in [0.25, 0.3) is 0 Å². The quantitative estimate of drug-likeness (QED) is 0.318. The Morgan fingerprint density at radius 1 is 1.00 bits per heavy atom. The van der Waals surface area contributed by atoms with Gasteiger partial charge >= 0.3 is 5.97 Å². The molecule has 1 amide bonds. The second kappa shape index (κ2) is 11.5. The Labute approximate surface area is 206 Å². The molecule has 0 radical (unpaired) electrons. The largest absolute Gasteiger partial charge is 0.452 e. The number of hydrogen-bond acceptors (Lipinski definition) is 5. The van der Waals surface area contributed by atoms with Gasteiger partial charge in [-0.1, -0.05) is 62.4 Å². The maximum absolute atomic E-state index is 13.3. The molecule has 0 aliphatic carbocycles. The van der Waals surface area contributed by atoms with Crippen molar-refractivity contribution in [1.29, 1.82) is 0 Å². The summed E-state index contributed by atoms with van der Waals surface area (Å²) in [5, 5.41) is 2.75. The Kier molecular flexibility index (Phi) is 8.43. The van der Waals surface area contributed by atoms with Crippen LogP contribution in [0.5, 0.6) is 0 Å². The minimum absolute atomic E-state index is 0.0214. The highest BCUT2D eigenvalue weighted by Crippen LogP contribution is 2.25. The smallest absolute Gasteiger partial charge is 0.338 e. The van der Waals surface area contributed by atoms with Crippen LogP contribution in [0.2, 0.25) is 0 Å². The monoisotopic (exact) mass is 492 g/mol. The summed E-state index contributed by atoms with van der Waals surface area (Å²) in [7, 11) is -3.98. The van der Waals surface area contributed by atoms with Crippen molar-refractivity contribution in [2.24, 2.45) is 0 Å². The molecule has 3 aromatic rings. The molecular formula is C27H28N2O5S. The number of benzene rings is 3. The van der Waals surface area contributed by atoms with E-state index in [0.29, 0.717) is 11.4 Å². The predicted molar refractivity (Wildman–Crippen MR) is 137 cm³/mol. The van der Waals surface area contributed by atoms with Gasteiger partial charge in [0.1, 0.15) is 0 Å². The number of nitrogens with one attached hydrogen (secondary N) is 1. The molecule has 0 bridgehead atoms. The summed E-state index contributed by atoms with van der Waals surface area (Å²) in [6.07, 6.45) is 1.48. The Morgan fingerprint density at radius 3 is 2.37 bits per heavy atom. The number of sulfonamides is 1. The summed E-state index contributed by atoms with van der Waals surface area (Å²) in [6, 6.07) is 21.6. The first-order valence-corrected chi connectivity index (χ1v) is 12.5. The molecule has 3 rings (SSSR count). The van der Waals surface area contributed by atoms with Crippen LogP contribution in [0.1, 0.15) is 35.7 Å². The van der Waals surface area contributed by atoms with Crippen LogP contribution >= 0.6 is 0 Å². The normalized spacial score (nSPS) is 11.1. The zero-order chi connectivity index (χ0) is 25.4. The lowest BCUT2D eigenvalue weighted by atomic mass is 10.0. The fourth-order valence-corrected chi connectivity index (χ4v) is 4.96. The molecule has 1 N–H and O–H groups in total. The highest BCUT2D eigenvalue weighted by atomic mass is 32.2. The maximum atomic E-state index is 13.3. The fraction of sp³-hybridized carbons (Fsp3) is 0.185. The number of ether oxygens (including phenoxy) is 1. The van der Waals surface area contributed by atoms with E-state index in [4.69, 9.17) is 4.74 Å². The van der Waals surface area contributed by atoms with E-state index in [-0.39, 0.29) is 22.9 Å². The van der Waals surface area contributed by atoms with Gasteiger partial charge in [-0.25, -0.2) is 13.2 Å². The van der Waals surface area contributed by atoms with E-state index < -0.39 is 28.5 Å². The SMILES string of the molecule is C=CCN(c1ccccc1)S(=O)(=O)c1cccc(C(=O)OCC(=O)Nc2ccccc2C(C)C)c1. The standard InChI is InChI=1S/C27H28N2O5S/c1-4-17-29(22-12-6-5-7-13-22)35(32,33)23-14-10-11-21(18-23)27(31)34-19-26(30)28-25-16-9-8-15-24(25)20(2)3/h4-16,18,20H,1,17,19H2,2-3H3,(H,28,30). The minimum atomic E-state index is -3.98. The third-order valence-electron chi connectivity index (χ3n) is 5.19. The molecule has 3 aromatic carbocycles. The third kappa shape index (κ3) is 6.36. The van der Waals surface area contributed by atoms with E-state index in [2.05, 4.69) is 11.9 Å². The molecule has 182 valence electrons.